The second-order valence-corrected chi connectivity index (χ2v) is 6.63. The van der Waals surface area contributed by atoms with Gasteiger partial charge < -0.3 is 10.1 Å². The van der Waals surface area contributed by atoms with Crippen LogP contribution in [0.3, 0.4) is 0 Å². The van der Waals surface area contributed by atoms with Crippen LogP contribution in [0.2, 0.25) is 0 Å². The fourth-order valence-corrected chi connectivity index (χ4v) is 4.42. The summed E-state index contributed by atoms with van der Waals surface area (Å²) in [5.74, 6) is 3.08. The molecule has 112 valence electrons. The van der Waals surface area contributed by atoms with E-state index in [0.29, 0.717) is 12.1 Å². The third-order valence-electron chi connectivity index (χ3n) is 5.33. The van der Waals surface area contributed by atoms with Crippen LogP contribution < -0.4 is 5.32 Å². The summed E-state index contributed by atoms with van der Waals surface area (Å²) in [5, 5.41) is 3.77. The Morgan fingerprint density at radius 1 is 1.16 bits per heavy atom. The smallest absolute Gasteiger partial charge is 0.0725 e. The van der Waals surface area contributed by atoms with Gasteiger partial charge in [-0.15, -0.1) is 0 Å². The maximum Gasteiger partial charge on any atom is 0.0725 e. The average Bonchev–Trinajstić information content (AvgIpc) is 3.03. The van der Waals surface area contributed by atoms with Gasteiger partial charge in [0.1, 0.15) is 0 Å². The molecule has 0 radical (unpaired) electrons. The molecule has 2 heteroatoms. The van der Waals surface area contributed by atoms with Gasteiger partial charge in [-0.25, -0.2) is 0 Å². The molecule has 19 heavy (non-hydrogen) atoms. The molecule has 0 aromatic carbocycles. The number of ether oxygens (including phenoxy) is 1. The SMILES string of the molecule is CCCNC(CC1CC2CCC1C2)C(CC)OCC. The first kappa shape index (κ1) is 15.3. The van der Waals surface area contributed by atoms with E-state index in [4.69, 9.17) is 4.74 Å². The van der Waals surface area contributed by atoms with Gasteiger partial charge in [-0.2, -0.15) is 0 Å². The lowest BCUT2D eigenvalue weighted by Crippen LogP contribution is -2.43. The van der Waals surface area contributed by atoms with Crippen molar-refractivity contribution in [2.45, 2.75) is 77.9 Å². The predicted octanol–water partition coefficient (Wildman–Crippen LogP) is 4.00. The largest absolute Gasteiger partial charge is 0.377 e. The van der Waals surface area contributed by atoms with E-state index in [-0.39, 0.29) is 0 Å². The molecule has 5 unspecified atom stereocenters. The summed E-state index contributed by atoms with van der Waals surface area (Å²) in [6.45, 7) is 8.62. The molecular formula is C17H33NO. The van der Waals surface area contributed by atoms with Gasteiger partial charge in [0.15, 0.2) is 0 Å². The van der Waals surface area contributed by atoms with Crippen molar-refractivity contribution >= 4 is 0 Å². The first-order chi connectivity index (χ1) is 9.28. The Morgan fingerprint density at radius 3 is 2.53 bits per heavy atom. The minimum Gasteiger partial charge on any atom is -0.377 e. The fraction of sp³-hybridized carbons (Fsp3) is 1.00. The van der Waals surface area contributed by atoms with Crippen LogP contribution in [0, 0.1) is 17.8 Å². The van der Waals surface area contributed by atoms with Crippen molar-refractivity contribution in [3.05, 3.63) is 0 Å². The summed E-state index contributed by atoms with van der Waals surface area (Å²) in [6.07, 6.45) is 10.1. The monoisotopic (exact) mass is 267 g/mol. The minimum atomic E-state index is 0.413. The summed E-state index contributed by atoms with van der Waals surface area (Å²) >= 11 is 0. The maximum atomic E-state index is 5.98. The van der Waals surface area contributed by atoms with Crippen molar-refractivity contribution in [3.8, 4) is 0 Å². The summed E-state index contributed by atoms with van der Waals surface area (Å²) < 4.78 is 5.98. The molecule has 1 N–H and O–H groups in total. The van der Waals surface area contributed by atoms with Crippen LogP contribution in [0.1, 0.15) is 65.7 Å². The lowest BCUT2D eigenvalue weighted by Gasteiger charge is -2.32. The van der Waals surface area contributed by atoms with Crippen LogP contribution in [-0.2, 0) is 4.74 Å². The average molecular weight is 267 g/mol. The molecule has 5 atom stereocenters. The fourth-order valence-electron chi connectivity index (χ4n) is 4.42. The molecule has 2 saturated carbocycles. The molecule has 2 aliphatic rings. The van der Waals surface area contributed by atoms with Crippen LogP contribution in [-0.4, -0.2) is 25.3 Å². The Morgan fingerprint density at radius 2 is 2.00 bits per heavy atom. The van der Waals surface area contributed by atoms with Crippen LogP contribution >= 0.6 is 0 Å². The van der Waals surface area contributed by atoms with Crippen molar-refractivity contribution in [1.82, 2.24) is 5.32 Å². The van der Waals surface area contributed by atoms with E-state index < -0.39 is 0 Å². The Balaban J connectivity index is 1.88. The Hall–Kier alpha value is -0.0800. The van der Waals surface area contributed by atoms with E-state index >= 15 is 0 Å². The van der Waals surface area contributed by atoms with Gasteiger partial charge in [0.2, 0.25) is 0 Å². The third-order valence-corrected chi connectivity index (χ3v) is 5.33. The summed E-state index contributed by atoms with van der Waals surface area (Å²) in [4.78, 5) is 0. The molecule has 2 nitrogen and oxygen atoms in total. The normalized spacial score (nSPS) is 32.7. The number of nitrogens with one attached hydrogen (secondary N) is 1. The highest BCUT2D eigenvalue weighted by molar-refractivity contribution is 4.93. The van der Waals surface area contributed by atoms with Crippen molar-refractivity contribution in [3.63, 3.8) is 0 Å². The third kappa shape index (κ3) is 3.95. The summed E-state index contributed by atoms with van der Waals surface area (Å²) in [5.41, 5.74) is 0. The summed E-state index contributed by atoms with van der Waals surface area (Å²) in [7, 11) is 0. The molecule has 2 rings (SSSR count). The standard InChI is InChI=1S/C17H33NO/c1-4-9-18-16(17(5-2)19-6-3)12-15-11-13-7-8-14(15)10-13/h13-18H,4-12H2,1-3H3. The highest BCUT2D eigenvalue weighted by Gasteiger charge is 2.40. The van der Waals surface area contributed by atoms with Crippen molar-refractivity contribution in [1.29, 1.82) is 0 Å². The van der Waals surface area contributed by atoms with Gasteiger partial charge in [0.05, 0.1) is 6.10 Å². The van der Waals surface area contributed by atoms with Gasteiger partial charge >= 0.3 is 0 Å². The van der Waals surface area contributed by atoms with Crippen LogP contribution in [0.5, 0.6) is 0 Å². The van der Waals surface area contributed by atoms with E-state index in [2.05, 4.69) is 26.1 Å². The topological polar surface area (TPSA) is 21.3 Å². The van der Waals surface area contributed by atoms with Gasteiger partial charge in [-0.3, -0.25) is 0 Å². The molecule has 2 fully saturated rings. The van der Waals surface area contributed by atoms with Gasteiger partial charge in [0.25, 0.3) is 0 Å². The molecule has 2 bridgehead atoms. The second kappa shape index (κ2) is 7.64. The Bertz CT molecular complexity index is 256. The predicted molar refractivity (Wildman–Crippen MR) is 81.3 cm³/mol. The molecular weight excluding hydrogens is 234 g/mol. The van der Waals surface area contributed by atoms with E-state index in [1.165, 1.54) is 38.5 Å². The van der Waals surface area contributed by atoms with E-state index in [1.807, 2.05) is 0 Å². The lowest BCUT2D eigenvalue weighted by molar-refractivity contribution is 0.0226. The number of hydrogen-bond acceptors (Lipinski definition) is 2. The van der Waals surface area contributed by atoms with Gasteiger partial charge in [0, 0.05) is 12.6 Å². The molecule has 0 aliphatic heterocycles. The first-order valence-corrected chi connectivity index (χ1v) is 8.63. The highest BCUT2D eigenvalue weighted by Crippen LogP contribution is 2.50. The highest BCUT2D eigenvalue weighted by atomic mass is 16.5. The zero-order valence-corrected chi connectivity index (χ0v) is 13.2. The first-order valence-electron chi connectivity index (χ1n) is 8.63. The molecule has 0 spiro atoms. The van der Waals surface area contributed by atoms with E-state index in [9.17, 15) is 0 Å². The van der Waals surface area contributed by atoms with Gasteiger partial charge in [-0.05, 0) is 69.7 Å². The van der Waals surface area contributed by atoms with Crippen LogP contribution in [0.4, 0.5) is 0 Å². The molecule has 0 aromatic rings. The Labute approximate surface area is 119 Å². The molecule has 2 aliphatic carbocycles. The second-order valence-electron chi connectivity index (χ2n) is 6.63. The number of rotatable bonds is 9. The minimum absolute atomic E-state index is 0.413. The molecule has 0 amide bonds. The zero-order chi connectivity index (χ0) is 13.7. The Kier molecular flexibility index (Phi) is 6.15. The van der Waals surface area contributed by atoms with Crippen molar-refractivity contribution in [2.75, 3.05) is 13.2 Å². The van der Waals surface area contributed by atoms with Crippen LogP contribution in [0.15, 0.2) is 0 Å². The maximum absolute atomic E-state index is 5.98. The lowest BCUT2D eigenvalue weighted by atomic mass is 9.82. The zero-order valence-electron chi connectivity index (χ0n) is 13.2. The van der Waals surface area contributed by atoms with Crippen molar-refractivity contribution in [2.24, 2.45) is 17.8 Å². The molecule has 0 aromatic heterocycles. The molecule has 0 heterocycles. The van der Waals surface area contributed by atoms with Gasteiger partial charge in [-0.1, -0.05) is 20.3 Å². The van der Waals surface area contributed by atoms with E-state index in [1.54, 1.807) is 0 Å². The van der Waals surface area contributed by atoms with Crippen molar-refractivity contribution < 1.29 is 4.74 Å². The molecule has 0 saturated heterocycles. The summed E-state index contributed by atoms with van der Waals surface area (Å²) in [6, 6.07) is 0.578. The van der Waals surface area contributed by atoms with E-state index in [0.717, 1.165) is 37.3 Å². The van der Waals surface area contributed by atoms with Crippen LogP contribution in [0.25, 0.3) is 0 Å². The number of fused-ring (bicyclic) bond motifs is 2. The quantitative estimate of drug-likeness (QED) is 0.682. The number of hydrogen-bond donors (Lipinski definition) is 1.